The Morgan fingerprint density at radius 2 is 1.90 bits per heavy atom. The predicted molar refractivity (Wildman–Crippen MR) is 81.5 cm³/mol. The van der Waals surface area contributed by atoms with E-state index < -0.39 is 0 Å². The normalized spacial score (nSPS) is 10.4. The molecule has 0 aliphatic heterocycles. The topological polar surface area (TPSA) is 90.0 Å². The number of hydrogen-bond donors (Lipinski definition) is 2. The van der Waals surface area contributed by atoms with Crippen molar-refractivity contribution in [3.8, 4) is 0 Å². The third-order valence-corrected chi connectivity index (χ3v) is 3.24. The van der Waals surface area contributed by atoms with Crippen molar-refractivity contribution in [2.24, 2.45) is 0 Å². The number of amides is 1. The number of nitrogens with two attached hydrogens (primary N) is 1. The number of nitrogen functional groups attached to an aromatic ring is 1. The van der Waals surface area contributed by atoms with E-state index in [-0.39, 0.29) is 11.7 Å². The molecule has 1 aromatic carbocycles. The number of aryl methyl sites for hydroxylation is 2. The Bertz CT molecular complexity index is 686. The van der Waals surface area contributed by atoms with Gasteiger partial charge in [-0.1, -0.05) is 0 Å². The summed E-state index contributed by atoms with van der Waals surface area (Å²) in [6.45, 7) is 5.71. The maximum absolute atomic E-state index is 12.3. The number of benzene rings is 1. The van der Waals surface area contributed by atoms with E-state index in [1.807, 2.05) is 6.92 Å². The molecule has 2 aromatic rings. The molecule has 0 aliphatic rings. The number of Topliss-reactive ketones (excluding diaryl/α,β-unsaturated/α-hetero) is 1. The van der Waals surface area contributed by atoms with Crippen LogP contribution in [0.1, 0.15) is 40.4 Å². The van der Waals surface area contributed by atoms with E-state index in [0.717, 1.165) is 0 Å². The number of aromatic nitrogens is 2. The van der Waals surface area contributed by atoms with Crippen LogP contribution in [-0.4, -0.2) is 21.5 Å². The van der Waals surface area contributed by atoms with Gasteiger partial charge in [0.25, 0.3) is 5.91 Å². The van der Waals surface area contributed by atoms with Gasteiger partial charge in [-0.25, -0.2) is 0 Å². The predicted octanol–water partition coefficient (Wildman–Crippen LogP) is 2.25. The highest BCUT2D eigenvalue weighted by atomic mass is 16.2. The van der Waals surface area contributed by atoms with Crippen LogP contribution in [-0.2, 0) is 6.54 Å². The minimum absolute atomic E-state index is 0.0168. The number of rotatable bonds is 4. The summed E-state index contributed by atoms with van der Waals surface area (Å²) in [5.74, 6) is -0.331. The first-order chi connectivity index (χ1) is 9.93. The van der Waals surface area contributed by atoms with E-state index >= 15 is 0 Å². The number of carbonyl (C=O) groups is 2. The van der Waals surface area contributed by atoms with Gasteiger partial charge in [-0.15, -0.1) is 0 Å². The number of nitrogens with zero attached hydrogens (tertiary/aromatic N) is 2. The zero-order valence-corrected chi connectivity index (χ0v) is 12.3. The van der Waals surface area contributed by atoms with Crippen LogP contribution in [0, 0.1) is 6.92 Å². The summed E-state index contributed by atoms with van der Waals surface area (Å²) in [4.78, 5) is 23.5. The maximum Gasteiger partial charge on any atom is 0.276 e. The molecule has 1 heterocycles. The van der Waals surface area contributed by atoms with Crippen molar-refractivity contribution in [3.05, 3.63) is 41.2 Å². The van der Waals surface area contributed by atoms with Gasteiger partial charge in [0.2, 0.25) is 0 Å². The van der Waals surface area contributed by atoms with Gasteiger partial charge in [-0.2, -0.15) is 5.10 Å². The number of ketones is 1. The van der Waals surface area contributed by atoms with Crippen LogP contribution < -0.4 is 11.1 Å². The SMILES string of the molecule is CCn1nc(C)c(N)c1C(=O)Nc1ccc(C(C)=O)cc1. The molecule has 6 nitrogen and oxygen atoms in total. The van der Waals surface area contributed by atoms with Gasteiger partial charge in [0.1, 0.15) is 5.69 Å². The van der Waals surface area contributed by atoms with E-state index in [1.165, 1.54) is 6.92 Å². The second-order valence-corrected chi connectivity index (χ2v) is 4.75. The molecule has 0 unspecified atom stereocenters. The third kappa shape index (κ3) is 2.94. The summed E-state index contributed by atoms with van der Waals surface area (Å²) in [5, 5.41) is 6.98. The molecule has 0 saturated heterocycles. The second-order valence-electron chi connectivity index (χ2n) is 4.75. The lowest BCUT2D eigenvalue weighted by atomic mass is 10.1. The van der Waals surface area contributed by atoms with Crippen molar-refractivity contribution >= 4 is 23.1 Å². The molecular weight excluding hydrogens is 268 g/mol. The minimum atomic E-state index is -0.314. The molecule has 6 heteroatoms. The molecule has 0 bridgehead atoms. The molecular formula is C15H18N4O2. The number of anilines is 2. The quantitative estimate of drug-likeness (QED) is 0.843. The zero-order valence-electron chi connectivity index (χ0n) is 12.3. The fraction of sp³-hybridized carbons (Fsp3) is 0.267. The van der Waals surface area contributed by atoms with Crippen molar-refractivity contribution < 1.29 is 9.59 Å². The minimum Gasteiger partial charge on any atom is -0.395 e. The molecule has 0 saturated carbocycles. The first-order valence-corrected chi connectivity index (χ1v) is 6.69. The average Bonchev–Trinajstić information content (AvgIpc) is 2.74. The Balaban J connectivity index is 2.24. The summed E-state index contributed by atoms with van der Waals surface area (Å²) < 4.78 is 1.57. The Hall–Kier alpha value is -2.63. The Morgan fingerprint density at radius 3 is 2.43 bits per heavy atom. The van der Waals surface area contributed by atoms with E-state index in [4.69, 9.17) is 5.73 Å². The molecule has 0 spiro atoms. The highest BCUT2D eigenvalue weighted by Gasteiger charge is 2.19. The summed E-state index contributed by atoms with van der Waals surface area (Å²) in [6.07, 6.45) is 0. The first kappa shape index (κ1) is 14.8. The maximum atomic E-state index is 12.3. The fourth-order valence-electron chi connectivity index (χ4n) is 2.04. The van der Waals surface area contributed by atoms with Gasteiger partial charge in [0, 0.05) is 17.8 Å². The van der Waals surface area contributed by atoms with E-state index in [0.29, 0.717) is 34.9 Å². The largest absolute Gasteiger partial charge is 0.395 e. The monoisotopic (exact) mass is 286 g/mol. The molecule has 0 aliphatic carbocycles. The standard InChI is InChI=1S/C15H18N4O2/c1-4-19-14(13(16)9(2)18-19)15(21)17-12-7-5-11(6-8-12)10(3)20/h5-8H,4,16H2,1-3H3,(H,17,21). The van der Waals surface area contributed by atoms with E-state index in [2.05, 4.69) is 10.4 Å². The molecule has 0 atom stereocenters. The molecule has 0 fully saturated rings. The van der Waals surface area contributed by atoms with Crippen molar-refractivity contribution in [2.75, 3.05) is 11.1 Å². The van der Waals surface area contributed by atoms with Crippen molar-refractivity contribution in [2.45, 2.75) is 27.3 Å². The lowest BCUT2D eigenvalue weighted by Gasteiger charge is -2.08. The Morgan fingerprint density at radius 1 is 1.29 bits per heavy atom. The van der Waals surface area contributed by atoms with Crippen molar-refractivity contribution in [1.29, 1.82) is 0 Å². The van der Waals surface area contributed by atoms with E-state index in [1.54, 1.807) is 35.9 Å². The Kier molecular flexibility index (Phi) is 4.07. The lowest BCUT2D eigenvalue weighted by molar-refractivity contribution is 0.101. The smallest absolute Gasteiger partial charge is 0.276 e. The molecule has 110 valence electrons. The summed E-state index contributed by atoms with van der Waals surface area (Å²) in [5.41, 5.74) is 8.48. The molecule has 21 heavy (non-hydrogen) atoms. The van der Waals surface area contributed by atoms with Crippen LogP contribution in [0.5, 0.6) is 0 Å². The number of nitrogens with one attached hydrogen (secondary N) is 1. The van der Waals surface area contributed by atoms with Gasteiger partial charge in [-0.3, -0.25) is 14.3 Å². The molecule has 0 radical (unpaired) electrons. The van der Waals surface area contributed by atoms with Crippen LogP contribution in [0.15, 0.2) is 24.3 Å². The summed E-state index contributed by atoms with van der Waals surface area (Å²) in [6, 6.07) is 6.71. The molecule has 2 rings (SSSR count). The van der Waals surface area contributed by atoms with Crippen LogP contribution in [0.3, 0.4) is 0 Å². The molecule has 1 amide bonds. The van der Waals surface area contributed by atoms with Gasteiger partial charge >= 0.3 is 0 Å². The Labute approximate surface area is 122 Å². The third-order valence-electron chi connectivity index (χ3n) is 3.24. The van der Waals surface area contributed by atoms with Gasteiger partial charge < -0.3 is 11.1 Å². The van der Waals surface area contributed by atoms with Gasteiger partial charge in [0.05, 0.1) is 11.4 Å². The first-order valence-electron chi connectivity index (χ1n) is 6.69. The zero-order chi connectivity index (χ0) is 15.6. The lowest BCUT2D eigenvalue weighted by Crippen LogP contribution is -2.18. The van der Waals surface area contributed by atoms with Gasteiger partial charge in [0.15, 0.2) is 5.78 Å². The fourth-order valence-corrected chi connectivity index (χ4v) is 2.04. The molecule has 3 N–H and O–H groups in total. The summed E-state index contributed by atoms with van der Waals surface area (Å²) in [7, 11) is 0. The number of hydrogen-bond acceptors (Lipinski definition) is 4. The summed E-state index contributed by atoms with van der Waals surface area (Å²) >= 11 is 0. The van der Waals surface area contributed by atoms with Crippen molar-refractivity contribution in [3.63, 3.8) is 0 Å². The highest BCUT2D eigenvalue weighted by Crippen LogP contribution is 2.18. The number of carbonyl (C=O) groups excluding carboxylic acids is 2. The highest BCUT2D eigenvalue weighted by molar-refractivity contribution is 6.07. The average molecular weight is 286 g/mol. The second kappa shape index (κ2) is 5.78. The van der Waals surface area contributed by atoms with Crippen LogP contribution >= 0.6 is 0 Å². The van der Waals surface area contributed by atoms with E-state index in [9.17, 15) is 9.59 Å². The van der Waals surface area contributed by atoms with Crippen LogP contribution in [0.25, 0.3) is 0 Å². The van der Waals surface area contributed by atoms with Crippen LogP contribution in [0.2, 0.25) is 0 Å². The molecule has 1 aromatic heterocycles. The van der Waals surface area contributed by atoms with Gasteiger partial charge in [-0.05, 0) is 45.0 Å². The van der Waals surface area contributed by atoms with Crippen LogP contribution in [0.4, 0.5) is 11.4 Å². The van der Waals surface area contributed by atoms with Crippen molar-refractivity contribution in [1.82, 2.24) is 9.78 Å².